The molecule has 144 valence electrons. The van der Waals surface area contributed by atoms with E-state index in [0.29, 0.717) is 4.80 Å². The summed E-state index contributed by atoms with van der Waals surface area (Å²) >= 11 is 1.45. The smallest absolute Gasteiger partial charge is 0.279 e. The van der Waals surface area contributed by atoms with Crippen molar-refractivity contribution < 1.29 is 9.18 Å². The van der Waals surface area contributed by atoms with Crippen molar-refractivity contribution in [3.05, 3.63) is 101 Å². The van der Waals surface area contributed by atoms with Gasteiger partial charge < -0.3 is 4.57 Å². The number of hydrogen-bond donors (Lipinski definition) is 0. The Kier molecular flexibility index (Phi) is 5.23. The Morgan fingerprint density at radius 3 is 2.34 bits per heavy atom. The molecule has 0 radical (unpaired) electrons. The molecule has 0 atom stereocenters. The summed E-state index contributed by atoms with van der Waals surface area (Å²) in [6.45, 7) is 2.05. The molecule has 0 unspecified atom stereocenters. The monoisotopic (exact) mass is 402 g/mol. The molecule has 0 aliphatic carbocycles. The zero-order chi connectivity index (χ0) is 20.4. The van der Waals surface area contributed by atoms with Crippen molar-refractivity contribution in [2.24, 2.45) is 12.0 Å². The molecule has 1 heterocycles. The van der Waals surface area contributed by atoms with Crippen molar-refractivity contribution in [1.29, 1.82) is 0 Å². The number of thiazole rings is 1. The summed E-state index contributed by atoms with van der Waals surface area (Å²) in [7, 11) is 1.90. The van der Waals surface area contributed by atoms with E-state index in [1.807, 2.05) is 48.9 Å². The standard InChI is InChI=1S/C24H19FN2OS/c1-16-11-13-17(14-12-16)21-22(18-7-4-3-5-8-18)29-24(27(21)2)26-23(28)19-9-6-10-20(25)15-19/h3-15H,1-2H3. The van der Waals surface area contributed by atoms with Crippen molar-refractivity contribution in [3.8, 4) is 21.7 Å². The van der Waals surface area contributed by atoms with Gasteiger partial charge in [-0.15, -0.1) is 0 Å². The summed E-state index contributed by atoms with van der Waals surface area (Å²) in [4.78, 5) is 18.5. The molecule has 1 amide bonds. The summed E-state index contributed by atoms with van der Waals surface area (Å²) in [6, 6.07) is 23.9. The van der Waals surface area contributed by atoms with Crippen molar-refractivity contribution in [3.63, 3.8) is 0 Å². The molecule has 0 saturated heterocycles. The second-order valence-electron chi connectivity index (χ2n) is 6.78. The third kappa shape index (κ3) is 3.96. The summed E-state index contributed by atoms with van der Waals surface area (Å²) in [5.74, 6) is -0.914. The fraction of sp³-hybridized carbons (Fsp3) is 0.0833. The van der Waals surface area contributed by atoms with Crippen LogP contribution in [0.25, 0.3) is 21.7 Å². The van der Waals surface area contributed by atoms with Crippen molar-refractivity contribution in [2.75, 3.05) is 0 Å². The summed E-state index contributed by atoms with van der Waals surface area (Å²) in [5, 5.41) is 0. The molecule has 0 saturated carbocycles. The number of hydrogen-bond acceptors (Lipinski definition) is 2. The van der Waals surface area contributed by atoms with Gasteiger partial charge in [0.2, 0.25) is 0 Å². The van der Waals surface area contributed by atoms with E-state index in [4.69, 9.17) is 0 Å². The van der Waals surface area contributed by atoms with Crippen LogP contribution in [0.15, 0.2) is 83.9 Å². The topological polar surface area (TPSA) is 34.4 Å². The summed E-state index contributed by atoms with van der Waals surface area (Å²) in [5.41, 5.74) is 4.51. The molecular weight excluding hydrogens is 383 g/mol. The van der Waals surface area contributed by atoms with Crippen LogP contribution >= 0.6 is 11.3 Å². The Labute approximate surface area is 172 Å². The van der Waals surface area contributed by atoms with Gasteiger partial charge in [0.05, 0.1) is 10.6 Å². The van der Waals surface area contributed by atoms with Crippen LogP contribution in [-0.4, -0.2) is 10.5 Å². The molecule has 1 aromatic heterocycles. The highest BCUT2D eigenvalue weighted by molar-refractivity contribution is 7.13. The first-order valence-electron chi connectivity index (χ1n) is 9.20. The molecule has 3 nitrogen and oxygen atoms in total. The maximum atomic E-state index is 13.5. The minimum absolute atomic E-state index is 0.233. The maximum absolute atomic E-state index is 13.5. The third-order valence-electron chi connectivity index (χ3n) is 4.66. The summed E-state index contributed by atoms with van der Waals surface area (Å²) < 4.78 is 15.4. The van der Waals surface area contributed by atoms with Gasteiger partial charge >= 0.3 is 0 Å². The molecule has 4 rings (SSSR count). The number of aromatic nitrogens is 1. The Bertz CT molecular complexity index is 1240. The average molecular weight is 402 g/mol. The average Bonchev–Trinajstić information content (AvgIpc) is 3.05. The number of benzene rings is 3. The highest BCUT2D eigenvalue weighted by atomic mass is 32.1. The lowest BCUT2D eigenvalue weighted by atomic mass is 10.1. The van der Waals surface area contributed by atoms with Crippen LogP contribution in [0.3, 0.4) is 0 Å². The van der Waals surface area contributed by atoms with Gasteiger partial charge in [-0.05, 0) is 36.2 Å². The number of rotatable bonds is 3. The third-order valence-corrected chi connectivity index (χ3v) is 5.84. The van der Waals surface area contributed by atoms with Crippen LogP contribution < -0.4 is 4.80 Å². The lowest BCUT2D eigenvalue weighted by molar-refractivity contribution is 0.0997. The van der Waals surface area contributed by atoms with Gasteiger partial charge in [0.25, 0.3) is 5.91 Å². The van der Waals surface area contributed by atoms with Crippen molar-refractivity contribution >= 4 is 17.2 Å². The lowest BCUT2D eigenvalue weighted by Crippen LogP contribution is -2.14. The van der Waals surface area contributed by atoms with Crippen LogP contribution in [0.2, 0.25) is 0 Å². The molecule has 29 heavy (non-hydrogen) atoms. The number of halogens is 1. The fourth-order valence-electron chi connectivity index (χ4n) is 3.15. The van der Waals surface area contributed by atoms with Crippen LogP contribution in [0.4, 0.5) is 4.39 Å². The molecule has 0 fully saturated rings. The Morgan fingerprint density at radius 1 is 0.931 bits per heavy atom. The number of amides is 1. The molecule has 0 spiro atoms. The zero-order valence-corrected chi connectivity index (χ0v) is 16.9. The first-order chi connectivity index (χ1) is 14.0. The van der Waals surface area contributed by atoms with Crippen LogP contribution in [0.5, 0.6) is 0 Å². The molecule has 0 aliphatic rings. The van der Waals surface area contributed by atoms with E-state index >= 15 is 0 Å². The van der Waals surface area contributed by atoms with Gasteiger partial charge in [-0.3, -0.25) is 4.79 Å². The fourth-order valence-corrected chi connectivity index (χ4v) is 4.29. The summed E-state index contributed by atoms with van der Waals surface area (Å²) in [6.07, 6.45) is 0. The van der Waals surface area contributed by atoms with E-state index < -0.39 is 11.7 Å². The van der Waals surface area contributed by atoms with E-state index in [9.17, 15) is 9.18 Å². The molecule has 0 bridgehead atoms. The van der Waals surface area contributed by atoms with Crippen molar-refractivity contribution in [1.82, 2.24) is 4.57 Å². The van der Waals surface area contributed by atoms with Gasteiger partial charge in [0.1, 0.15) is 5.82 Å². The van der Waals surface area contributed by atoms with E-state index in [1.54, 1.807) is 6.07 Å². The normalized spacial score (nSPS) is 11.6. The quantitative estimate of drug-likeness (QED) is 0.439. The molecule has 0 aliphatic heterocycles. The molecular formula is C24H19FN2OS. The van der Waals surface area contributed by atoms with E-state index in [-0.39, 0.29) is 5.56 Å². The molecule has 3 aromatic carbocycles. The van der Waals surface area contributed by atoms with Gasteiger partial charge in [0, 0.05) is 12.6 Å². The van der Waals surface area contributed by atoms with Gasteiger partial charge in [0.15, 0.2) is 4.80 Å². The van der Waals surface area contributed by atoms with Gasteiger partial charge in [-0.2, -0.15) is 4.99 Å². The van der Waals surface area contributed by atoms with E-state index in [2.05, 4.69) is 29.3 Å². The largest absolute Gasteiger partial charge is 0.319 e. The SMILES string of the molecule is Cc1ccc(-c2c(-c3ccccc3)sc(=NC(=O)c3cccc(F)c3)n2C)cc1. The Balaban J connectivity index is 1.90. The van der Waals surface area contributed by atoms with Crippen molar-refractivity contribution in [2.45, 2.75) is 6.92 Å². The molecule has 0 N–H and O–H groups in total. The Morgan fingerprint density at radius 2 is 1.66 bits per heavy atom. The first-order valence-corrected chi connectivity index (χ1v) is 10.0. The number of carbonyl (C=O) groups excluding carboxylic acids is 1. The minimum atomic E-state index is -0.462. The first kappa shape index (κ1) is 19.0. The highest BCUT2D eigenvalue weighted by Crippen LogP contribution is 2.34. The number of aryl methyl sites for hydroxylation is 1. The number of carbonyl (C=O) groups is 1. The predicted octanol–water partition coefficient (Wildman–Crippen LogP) is 5.61. The second-order valence-corrected chi connectivity index (χ2v) is 7.76. The van der Waals surface area contributed by atoms with E-state index in [0.717, 1.165) is 21.7 Å². The minimum Gasteiger partial charge on any atom is -0.319 e. The molecule has 4 aromatic rings. The van der Waals surface area contributed by atoms with Crippen LogP contribution in [-0.2, 0) is 7.05 Å². The van der Waals surface area contributed by atoms with E-state index in [1.165, 1.54) is 35.1 Å². The second kappa shape index (κ2) is 7.97. The Hall–Kier alpha value is -3.31. The zero-order valence-electron chi connectivity index (χ0n) is 16.1. The van der Waals surface area contributed by atoms with Crippen LogP contribution in [0, 0.1) is 12.7 Å². The highest BCUT2D eigenvalue weighted by Gasteiger charge is 2.16. The van der Waals surface area contributed by atoms with Gasteiger partial charge in [-0.1, -0.05) is 77.6 Å². The van der Waals surface area contributed by atoms with Gasteiger partial charge in [-0.25, -0.2) is 4.39 Å². The lowest BCUT2D eigenvalue weighted by Gasteiger charge is -2.08. The molecule has 5 heteroatoms. The predicted molar refractivity (Wildman–Crippen MR) is 115 cm³/mol. The maximum Gasteiger partial charge on any atom is 0.279 e. The number of nitrogens with zero attached hydrogens (tertiary/aromatic N) is 2. The van der Waals surface area contributed by atoms with Crippen LogP contribution in [0.1, 0.15) is 15.9 Å².